The van der Waals surface area contributed by atoms with Crippen LogP contribution in [-0.2, 0) is 11.2 Å². The quantitative estimate of drug-likeness (QED) is 0.738. The SMILES string of the molecule is CC(C)NC(C)(CN(C)CCc1ccccn1)C(N)=O. The van der Waals surface area contributed by atoms with Gasteiger partial charge < -0.3 is 16.0 Å². The van der Waals surface area contributed by atoms with Crippen molar-refractivity contribution in [2.24, 2.45) is 5.73 Å². The summed E-state index contributed by atoms with van der Waals surface area (Å²) in [5.41, 5.74) is 5.87. The zero-order valence-electron chi connectivity index (χ0n) is 12.9. The van der Waals surface area contributed by atoms with E-state index in [2.05, 4.69) is 15.2 Å². The Labute approximate surface area is 121 Å². The molecule has 0 aliphatic heterocycles. The minimum atomic E-state index is -0.715. The van der Waals surface area contributed by atoms with Crippen LogP contribution >= 0.6 is 0 Å². The van der Waals surface area contributed by atoms with E-state index < -0.39 is 5.54 Å². The number of nitrogens with zero attached hydrogens (tertiary/aromatic N) is 2. The smallest absolute Gasteiger partial charge is 0.238 e. The van der Waals surface area contributed by atoms with E-state index in [0.29, 0.717) is 6.54 Å². The number of primary amides is 1. The van der Waals surface area contributed by atoms with Gasteiger partial charge in [0, 0.05) is 37.4 Å². The third kappa shape index (κ3) is 5.27. The Morgan fingerprint density at radius 3 is 2.70 bits per heavy atom. The minimum Gasteiger partial charge on any atom is -0.368 e. The van der Waals surface area contributed by atoms with Gasteiger partial charge in [-0.3, -0.25) is 9.78 Å². The van der Waals surface area contributed by atoms with Crippen LogP contribution in [-0.4, -0.2) is 47.5 Å². The van der Waals surface area contributed by atoms with Crippen molar-refractivity contribution in [2.75, 3.05) is 20.1 Å². The third-order valence-corrected chi connectivity index (χ3v) is 3.21. The van der Waals surface area contributed by atoms with Crippen molar-refractivity contribution in [1.82, 2.24) is 15.2 Å². The van der Waals surface area contributed by atoms with Crippen LogP contribution in [0, 0.1) is 0 Å². The Morgan fingerprint density at radius 1 is 1.50 bits per heavy atom. The average molecular weight is 278 g/mol. The fourth-order valence-corrected chi connectivity index (χ4v) is 2.30. The lowest BCUT2D eigenvalue weighted by molar-refractivity contribution is -0.124. The second-order valence-electron chi connectivity index (χ2n) is 5.80. The molecule has 20 heavy (non-hydrogen) atoms. The minimum absolute atomic E-state index is 0.205. The molecule has 0 saturated carbocycles. The molecule has 0 radical (unpaired) electrons. The largest absolute Gasteiger partial charge is 0.368 e. The first-order valence-corrected chi connectivity index (χ1v) is 6.99. The first-order valence-electron chi connectivity index (χ1n) is 6.99. The maximum absolute atomic E-state index is 11.7. The molecule has 0 aromatic carbocycles. The first kappa shape index (κ1) is 16.6. The molecule has 0 bridgehead atoms. The van der Waals surface area contributed by atoms with E-state index in [9.17, 15) is 4.79 Å². The van der Waals surface area contributed by atoms with Crippen LogP contribution in [0.1, 0.15) is 26.5 Å². The highest BCUT2D eigenvalue weighted by Gasteiger charge is 2.32. The molecule has 5 nitrogen and oxygen atoms in total. The van der Waals surface area contributed by atoms with E-state index in [4.69, 9.17) is 5.73 Å². The zero-order valence-corrected chi connectivity index (χ0v) is 12.9. The lowest BCUT2D eigenvalue weighted by Crippen LogP contribution is -2.61. The summed E-state index contributed by atoms with van der Waals surface area (Å²) in [5, 5.41) is 3.25. The van der Waals surface area contributed by atoms with Gasteiger partial charge >= 0.3 is 0 Å². The number of carbonyl (C=O) groups is 1. The van der Waals surface area contributed by atoms with Crippen molar-refractivity contribution in [3.63, 3.8) is 0 Å². The van der Waals surface area contributed by atoms with Crippen LogP contribution in [0.15, 0.2) is 24.4 Å². The van der Waals surface area contributed by atoms with Crippen LogP contribution in [0.3, 0.4) is 0 Å². The first-order chi connectivity index (χ1) is 9.33. The Kier molecular flexibility index (Phi) is 6.10. The van der Waals surface area contributed by atoms with E-state index in [-0.39, 0.29) is 11.9 Å². The molecule has 0 fully saturated rings. The van der Waals surface area contributed by atoms with Crippen LogP contribution in [0.4, 0.5) is 0 Å². The number of carbonyl (C=O) groups excluding carboxylic acids is 1. The van der Waals surface area contributed by atoms with Gasteiger partial charge in [0.05, 0.1) is 0 Å². The summed E-state index contributed by atoms with van der Waals surface area (Å²) in [6.45, 7) is 7.28. The predicted molar refractivity (Wildman–Crippen MR) is 81.3 cm³/mol. The molecule has 5 heteroatoms. The summed E-state index contributed by atoms with van der Waals surface area (Å²) >= 11 is 0. The highest BCUT2D eigenvalue weighted by atomic mass is 16.1. The van der Waals surface area contributed by atoms with Gasteiger partial charge in [-0.1, -0.05) is 6.07 Å². The maximum Gasteiger partial charge on any atom is 0.238 e. The monoisotopic (exact) mass is 278 g/mol. The van der Waals surface area contributed by atoms with Crippen molar-refractivity contribution in [3.8, 4) is 0 Å². The Hall–Kier alpha value is -1.46. The fourth-order valence-electron chi connectivity index (χ4n) is 2.30. The third-order valence-electron chi connectivity index (χ3n) is 3.21. The summed E-state index contributed by atoms with van der Waals surface area (Å²) in [6.07, 6.45) is 2.65. The van der Waals surface area contributed by atoms with Gasteiger partial charge in [-0.2, -0.15) is 0 Å². The normalized spacial score (nSPS) is 14.5. The molecule has 1 heterocycles. The van der Waals surface area contributed by atoms with E-state index >= 15 is 0 Å². The summed E-state index contributed by atoms with van der Waals surface area (Å²) in [7, 11) is 1.99. The number of nitrogens with two attached hydrogens (primary N) is 1. The molecule has 0 aliphatic rings. The van der Waals surface area contributed by atoms with Gasteiger partial charge in [-0.05, 0) is 40.0 Å². The van der Waals surface area contributed by atoms with Crippen LogP contribution in [0.25, 0.3) is 0 Å². The van der Waals surface area contributed by atoms with Crippen LogP contribution < -0.4 is 11.1 Å². The number of rotatable bonds is 8. The van der Waals surface area contributed by atoms with Crippen molar-refractivity contribution in [3.05, 3.63) is 30.1 Å². The Balaban J connectivity index is 2.54. The van der Waals surface area contributed by atoms with E-state index in [1.165, 1.54) is 0 Å². The molecule has 3 N–H and O–H groups in total. The molecular weight excluding hydrogens is 252 g/mol. The molecule has 1 rings (SSSR count). The summed E-state index contributed by atoms with van der Waals surface area (Å²) in [6, 6.07) is 6.10. The van der Waals surface area contributed by atoms with Gasteiger partial charge in [-0.15, -0.1) is 0 Å². The van der Waals surface area contributed by atoms with E-state index in [1.54, 1.807) is 6.20 Å². The van der Waals surface area contributed by atoms with Crippen LogP contribution in [0.5, 0.6) is 0 Å². The molecule has 0 aliphatic carbocycles. The highest BCUT2D eigenvalue weighted by molar-refractivity contribution is 5.84. The maximum atomic E-state index is 11.7. The number of likely N-dealkylation sites (N-methyl/N-ethyl adjacent to an activating group) is 1. The number of hydrogen-bond donors (Lipinski definition) is 2. The summed E-state index contributed by atoms with van der Waals surface area (Å²) in [4.78, 5) is 18.1. The molecule has 1 aromatic heterocycles. The molecule has 0 spiro atoms. The summed E-state index contributed by atoms with van der Waals surface area (Å²) < 4.78 is 0. The summed E-state index contributed by atoms with van der Waals surface area (Å²) in [5.74, 6) is -0.323. The van der Waals surface area contributed by atoms with Crippen molar-refractivity contribution in [1.29, 1.82) is 0 Å². The van der Waals surface area contributed by atoms with Crippen LogP contribution in [0.2, 0.25) is 0 Å². The number of amides is 1. The lowest BCUT2D eigenvalue weighted by Gasteiger charge is -2.33. The van der Waals surface area contributed by atoms with Gasteiger partial charge in [-0.25, -0.2) is 0 Å². The molecule has 1 amide bonds. The van der Waals surface area contributed by atoms with Gasteiger partial charge in [0.25, 0.3) is 0 Å². The predicted octanol–water partition coefficient (Wildman–Crippen LogP) is 0.798. The van der Waals surface area contributed by atoms with E-state index in [1.807, 2.05) is 46.0 Å². The number of nitrogens with one attached hydrogen (secondary N) is 1. The van der Waals surface area contributed by atoms with Gasteiger partial charge in [0.15, 0.2) is 0 Å². The zero-order chi connectivity index (χ0) is 15.2. The Bertz CT molecular complexity index is 421. The second kappa shape index (κ2) is 7.36. The molecule has 1 unspecified atom stereocenters. The van der Waals surface area contributed by atoms with Crippen molar-refractivity contribution < 1.29 is 4.79 Å². The van der Waals surface area contributed by atoms with E-state index in [0.717, 1.165) is 18.7 Å². The molecule has 0 saturated heterocycles. The fraction of sp³-hybridized carbons (Fsp3) is 0.600. The Morgan fingerprint density at radius 2 is 2.20 bits per heavy atom. The number of hydrogen-bond acceptors (Lipinski definition) is 4. The number of pyridine rings is 1. The molecule has 1 atom stereocenters. The average Bonchev–Trinajstić information content (AvgIpc) is 2.36. The van der Waals surface area contributed by atoms with Crippen molar-refractivity contribution in [2.45, 2.75) is 38.8 Å². The highest BCUT2D eigenvalue weighted by Crippen LogP contribution is 2.08. The van der Waals surface area contributed by atoms with Crippen molar-refractivity contribution >= 4 is 5.91 Å². The molecule has 1 aromatic rings. The molecule has 112 valence electrons. The number of aromatic nitrogens is 1. The van der Waals surface area contributed by atoms with Gasteiger partial charge in [0.1, 0.15) is 5.54 Å². The molecular formula is C15H26N4O. The lowest BCUT2D eigenvalue weighted by atomic mass is 9.99. The standard InChI is InChI=1S/C15H26N4O/c1-12(2)18-15(3,14(16)20)11-19(4)10-8-13-7-5-6-9-17-13/h5-7,9,12,18H,8,10-11H2,1-4H3,(H2,16,20). The second-order valence-corrected chi connectivity index (χ2v) is 5.80. The topological polar surface area (TPSA) is 71.2 Å². The van der Waals surface area contributed by atoms with Gasteiger partial charge in [0.2, 0.25) is 5.91 Å².